The number of carbonyl (C=O) groups excluding carboxylic acids is 3. The first-order valence-electron chi connectivity index (χ1n) is 10.5. The third-order valence-electron chi connectivity index (χ3n) is 5.16. The van der Waals surface area contributed by atoms with Gasteiger partial charge < -0.3 is 4.74 Å². The maximum Gasteiger partial charge on any atom is 0.305 e. The molecule has 0 aromatic carbocycles. The smallest absolute Gasteiger partial charge is 0.305 e. The third-order valence-corrected chi connectivity index (χ3v) is 5.16. The maximum absolute atomic E-state index is 12.1. The molecule has 2 atom stereocenters. The van der Waals surface area contributed by atoms with Gasteiger partial charge in [0.15, 0.2) is 5.78 Å². The second-order valence-electron chi connectivity index (χ2n) is 7.32. The van der Waals surface area contributed by atoms with E-state index in [9.17, 15) is 14.4 Å². The largest absolute Gasteiger partial charge is 0.466 e. The van der Waals surface area contributed by atoms with Crippen molar-refractivity contribution < 1.29 is 19.1 Å². The summed E-state index contributed by atoms with van der Waals surface area (Å²) in [5.41, 5.74) is 0. The normalized spacial score (nSPS) is 20.0. The van der Waals surface area contributed by atoms with Gasteiger partial charge in [0.2, 0.25) is 0 Å². The van der Waals surface area contributed by atoms with Crippen LogP contribution in [0, 0.1) is 11.8 Å². The molecule has 0 aliphatic heterocycles. The summed E-state index contributed by atoms with van der Waals surface area (Å²) in [5.74, 6) is 0.740. The van der Waals surface area contributed by atoms with Gasteiger partial charge in [-0.05, 0) is 44.6 Å². The molecule has 0 N–H and O–H groups in total. The zero-order chi connectivity index (χ0) is 19.2. The maximum atomic E-state index is 12.1. The minimum absolute atomic E-state index is 0.0831. The fourth-order valence-electron chi connectivity index (χ4n) is 3.62. The molecule has 1 aliphatic rings. The van der Waals surface area contributed by atoms with Crippen LogP contribution in [-0.4, -0.2) is 24.1 Å². The lowest BCUT2D eigenvalue weighted by Gasteiger charge is -2.14. The van der Waals surface area contributed by atoms with Crippen molar-refractivity contribution in [3.8, 4) is 0 Å². The van der Waals surface area contributed by atoms with E-state index in [1.54, 1.807) is 6.08 Å². The van der Waals surface area contributed by atoms with Crippen molar-refractivity contribution >= 4 is 17.5 Å². The lowest BCUT2D eigenvalue weighted by Crippen LogP contribution is -2.13. The van der Waals surface area contributed by atoms with Gasteiger partial charge in [0.05, 0.1) is 6.61 Å². The monoisotopic (exact) mass is 364 g/mol. The average Bonchev–Trinajstić information content (AvgIpc) is 2.96. The molecule has 1 aliphatic carbocycles. The van der Waals surface area contributed by atoms with Crippen molar-refractivity contribution in [3.05, 3.63) is 12.2 Å². The van der Waals surface area contributed by atoms with Crippen LogP contribution in [0.3, 0.4) is 0 Å². The lowest BCUT2D eigenvalue weighted by molar-refractivity contribution is -0.143. The highest BCUT2D eigenvalue weighted by Gasteiger charge is 2.32. The zero-order valence-corrected chi connectivity index (χ0v) is 16.6. The summed E-state index contributed by atoms with van der Waals surface area (Å²) in [6.45, 7) is 4.39. The molecule has 0 spiro atoms. The second-order valence-corrected chi connectivity index (χ2v) is 7.32. The Hall–Kier alpha value is -1.45. The van der Waals surface area contributed by atoms with Gasteiger partial charge >= 0.3 is 5.97 Å². The first-order chi connectivity index (χ1) is 12.6. The van der Waals surface area contributed by atoms with Crippen LogP contribution in [0.1, 0.15) is 90.9 Å². The molecule has 26 heavy (non-hydrogen) atoms. The van der Waals surface area contributed by atoms with Gasteiger partial charge in [0.25, 0.3) is 0 Å². The molecule has 0 heterocycles. The summed E-state index contributed by atoms with van der Waals surface area (Å²) in [7, 11) is 0. The van der Waals surface area contributed by atoms with Crippen molar-refractivity contribution in [2.75, 3.05) is 6.61 Å². The number of allylic oxidation sites excluding steroid dienone is 2. The summed E-state index contributed by atoms with van der Waals surface area (Å²) in [6, 6.07) is 0. The van der Waals surface area contributed by atoms with Gasteiger partial charge in [-0.3, -0.25) is 14.4 Å². The third kappa shape index (κ3) is 9.30. The van der Waals surface area contributed by atoms with Crippen LogP contribution in [0.4, 0.5) is 0 Å². The molecule has 0 aromatic heterocycles. The molecule has 4 heteroatoms. The molecular weight excluding hydrogens is 328 g/mol. The van der Waals surface area contributed by atoms with Gasteiger partial charge in [-0.1, -0.05) is 45.1 Å². The molecule has 1 saturated carbocycles. The van der Waals surface area contributed by atoms with Gasteiger partial charge in [-0.15, -0.1) is 0 Å². The highest BCUT2D eigenvalue weighted by atomic mass is 16.5. The van der Waals surface area contributed by atoms with Crippen molar-refractivity contribution in [2.24, 2.45) is 11.8 Å². The van der Waals surface area contributed by atoms with Gasteiger partial charge in [-0.25, -0.2) is 0 Å². The minimum Gasteiger partial charge on any atom is -0.466 e. The van der Waals surface area contributed by atoms with E-state index in [1.807, 2.05) is 13.0 Å². The molecule has 0 aromatic rings. The Balaban J connectivity index is 2.25. The molecule has 0 amide bonds. The van der Waals surface area contributed by atoms with Crippen LogP contribution in [0.15, 0.2) is 12.2 Å². The summed E-state index contributed by atoms with van der Waals surface area (Å²) in [4.78, 5) is 35.3. The SMILES string of the molecule is CCCCCC(=O)C=CC1CCC(=O)C1CCCCCCC(=O)OCC. The van der Waals surface area contributed by atoms with Gasteiger partial charge in [-0.2, -0.15) is 0 Å². The Labute approximate surface area is 158 Å². The molecule has 0 radical (unpaired) electrons. The van der Waals surface area contributed by atoms with Gasteiger partial charge in [0, 0.05) is 25.2 Å². The van der Waals surface area contributed by atoms with Crippen LogP contribution < -0.4 is 0 Å². The highest BCUT2D eigenvalue weighted by molar-refractivity contribution is 5.90. The van der Waals surface area contributed by atoms with Crippen LogP contribution in [-0.2, 0) is 19.1 Å². The number of ketones is 2. The van der Waals surface area contributed by atoms with E-state index in [1.165, 1.54) is 0 Å². The number of ether oxygens (including phenoxy) is 1. The van der Waals surface area contributed by atoms with Crippen molar-refractivity contribution in [3.63, 3.8) is 0 Å². The molecular formula is C22H36O4. The second kappa shape index (κ2) is 13.7. The summed E-state index contributed by atoms with van der Waals surface area (Å²) in [6.07, 6.45) is 14.3. The predicted molar refractivity (Wildman–Crippen MR) is 104 cm³/mol. The lowest BCUT2D eigenvalue weighted by atomic mass is 9.89. The Bertz CT molecular complexity index is 467. The Kier molecular flexibility index (Phi) is 11.9. The van der Waals surface area contributed by atoms with E-state index in [2.05, 4.69) is 6.92 Å². The van der Waals surface area contributed by atoms with E-state index < -0.39 is 0 Å². The van der Waals surface area contributed by atoms with Crippen molar-refractivity contribution in [1.29, 1.82) is 0 Å². The highest BCUT2D eigenvalue weighted by Crippen LogP contribution is 2.33. The van der Waals surface area contributed by atoms with E-state index >= 15 is 0 Å². The number of unbranched alkanes of at least 4 members (excludes halogenated alkanes) is 5. The van der Waals surface area contributed by atoms with E-state index in [4.69, 9.17) is 4.74 Å². The fraction of sp³-hybridized carbons (Fsp3) is 0.773. The quantitative estimate of drug-likeness (QED) is 0.242. The zero-order valence-electron chi connectivity index (χ0n) is 16.6. The first kappa shape index (κ1) is 22.6. The number of hydrogen-bond acceptors (Lipinski definition) is 4. The van der Waals surface area contributed by atoms with Gasteiger partial charge in [0.1, 0.15) is 5.78 Å². The number of rotatable bonds is 14. The van der Waals surface area contributed by atoms with Crippen LogP contribution in [0.25, 0.3) is 0 Å². The van der Waals surface area contributed by atoms with E-state index in [-0.39, 0.29) is 23.6 Å². The Morgan fingerprint density at radius 3 is 2.50 bits per heavy atom. The van der Waals surface area contributed by atoms with Crippen LogP contribution in [0.2, 0.25) is 0 Å². The first-order valence-corrected chi connectivity index (χ1v) is 10.5. The average molecular weight is 365 g/mol. The van der Waals surface area contributed by atoms with Crippen molar-refractivity contribution in [1.82, 2.24) is 0 Å². The van der Waals surface area contributed by atoms with Crippen LogP contribution in [0.5, 0.6) is 0 Å². The standard InChI is InChI=1S/C22H36O4/c1-3-5-8-11-19(23)16-14-18-15-17-21(24)20(18)12-9-6-7-10-13-22(25)26-4-2/h14,16,18,20H,3-13,15,17H2,1-2H3. The van der Waals surface area contributed by atoms with Crippen molar-refractivity contribution in [2.45, 2.75) is 90.9 Å². The number of Topliss-reactive ketones (excluding diaryl/α,β-unsaturated/α-hetero) is 1. The van der Waals surface area contributed by atoms with E-state index in [0.717, 1.165) is 57.8 Å². The topological polar surface area (TPSA) is 60.4 Å². The van der Waals surface area contributed by atoms with Crippen LogP contribution >= 0.6 is 0 Å². The minimum atomic E-state index is -0.118. The van der Waals surface area contributed by atoms with E-state index in [0.29, 0.717) is 31.7 Å². The molecule has 0 bridgehead atoms. The molecule has 1 rings (SSSR count). The molecule has 2 unspecified atom stereocenters. The summed E-state index contributed by atoms with van der Waals surface area (Å²) in [5, 5.41) is 0. The number of esters is 1. The molecule has 148 valence electrons. The molecule has 4 nitrogen and oxygen atoms in total. The fourth-order valence-corrected chi connectivity index (χ4v) is 3.62. The molecule has 1 fully saturated rings. The molecule has 0 saturated heterocycles. The summed E-state index contributed by atoms with van der Waals surface area (Å²) < 4.78 is 4.92. The Morgan fingerprint density at radius 2 is 1.77 bits per heavy atom. The summed E-state index contributed by atoms with van der Waals surface area (Å²) >= 11 is 0. The Morgan fingerprint density at radius 1 is 1.04 bits per heavy atom. The predicted octanol–water partition coefficient (Wildman–Crippen LogP) is 5.19. The number of hydrogen-bond donors (Lipinski definition) is 0. The number of carbonyl (C=O) groups is 3.